The fraction of sp³-hybridized carbons (Fsp3) is 0.0345. The van der Waals surface area contributed by atoms with Crippen LogP contribution in [0.25, 0.3) is 33.1 Å². The number of amides is 1. The van der Waals surface area contributed by atoms with Crippen molar-refractivity contribution < 1.29 is 9.59 Å². The molecule has 7 nitrogen and oxygen atoms in total. The molecule has 1 aliphatic carbocycles. The molecule has 3 aromatic carbocycles. The first-order valence-electron chi connectivity index (χ1n) is 11.6. The number of hydrogen-bond acceptors (Lipinski definition) is 4. The Hall–Kier alpha value is -5.04. The van der Waals surface area contributed by atoms with Gasteiger partial charge in [-0.25, -0.2) is 4.98 Å². The largest absolute Gasteiger partial charge is 0.346 e. The number of H-pyrrole nitrogens is 1. The lowest BCUT2D eigenvalue weighted by Gasteiger charge is -2.17. The minimum absolute atomic E-state index is 0.204. The molecule has 7 heteroatoms. The van der Waals surface area contributed by atoms with Gasteiger partial charge in [0.15, 0.2) is 0 Å². The number of carbonyl (C=O) groups excluding carboxylic acids is 2. The fourth-order valence-electron chi connectivity index (χ4n) is 5.20. The maximum atomic E-state index is 13.8. The molecule has 0 saturated carbocycles. The molecule has 0 saturated heterocycles. The minimum Gasteiger partial charge on any atom is -0.346 e. The first-order chi connectivity index (χ1) is 17.7. The molecule has 3 heterocycles. The highest BCUT2D eigenvalue weighted by molar-refractivity contribution is 6.09. The van der Waals surface area contributed by atoms with E-state index in [-0.39, 0.29) is 11.8 Å². The third-order valence-electron chi connectivity index (χ3n) is 6.83. The predicted octanol–water partition coefficient (Wildman–Crippen LogP) is 5.10. The first kappa shape index (κ1) is 20.3. The molecule has 0 radical (unpaired) electrons. The number of rotatable bonds is 3. The standard InChI is InChI=1S/C29H19N5O2/c35-28(21-13-15-31-27-20(21)12-14-30-27)33-26-19-8-3-2-7-18(19)25-22(26)9-5-10-23(25)29(36)34-24-11-4-1-6-17(24)16-32-34/h1-16,26H,(H,30,31)(H,33,35). The van der Waals surface area contributed by atoms with E-state index in [9.17, 15) is 9.59 Å². The van der Waals surface area contributed by atoms with Crippen molar-refractivity contribution >= 4 is 33.8 Å². The van der Waals surface area contributed by atoms with Gasteiger partial charge >= 0.3 is 0 Å². The molecule has 0 spiro atoms. The van der Waals surface area contributed by atoms with E-state index in [2.05, 4.69) is 20.4 Å². The Morgan fingerprint density at radius 1 is 0.861 bits per heavy atom. The van der Waals surface area contributed by atoms with Crippen LogP contribution in [0.5, 0.6) is 0 Å². The van der Waals surface area contributed by atoms with Gasteiger partial charge in [-0.2, -0.15) is 9.78 Å². The molecule has 3 aromatic heterocycles. The average Bonchev–Trinajstić information content (AvgIpc) is 3.64. The summed E-state index contributed by atoms with van der Waals surface area (Å²) >= 11 is 0. The van der Waals surface area contributed by atoms with Gasteiger partial charge in [-0.15, -0.1) is 0 Å². The van der Waals surface area contributed by atoms with E-state index in [4.69, 9.17) is 0 Å². The van der Waals surface area contributed by atoms with Crippen LogP contribution in [0, 0.1) is 0 Å². The van der Waals surface area contributed by atoms with Gasteiger partial charge in [0.05, 0.1) is 23.3 Å². The molecular formula is C29H19N5O2. The van der Waals surface area contributed by atoms with Crippen molar-refractivity contribution in [3.63, 3.8) is 0 Å². The smallest absolute Gasteiger partial charge is 0.279 e. The molecule has 6 aromatic rings. The van der Waals surface area contributed by atoms with Crippen molar-refractivity contribution in [2.24, 2.45) is 0 Å². The quantitative estimate of drug-likeness (QED) is 0.377. The zero-order chi connectivity index (χ0) is 24.2. The highest BCUT2D eigenvalue weighted by atomic mass is 16.2. The zero-order valence-corrected chi connectivity index (χ0v) is 19.0. The molecule has 1 aliphatic rings. The summed E-state index contributed by atoms with van der Waals surface area (Å²) in [6, 6.07) is 24.3. The van der Waals surface area contributed by atoms with E-state index in [1.165, 1.54) is 4.68 Å². The van der Waals surface area contributed by atoms with Gasteiger partial charge in [0.1, 0.15) is 5.65 Å². The van der Waals surface area contributed by atoms with E-state index < -0.39 is 6.04 Å². The van der Waals surface area contributed by atoms with Crippen LogP contribution in [0.2, 0.25) is 0 Å². The van der Waals surface area contributed by atoms with Crippen LogP contribution in [0.3, 0.4) is 0 Å². The summed E-state index contributed by atoms with van der Waals surface area (Å²) < 4.78 is 1.44. The molecular weight excluding hydrogens is 450 g/mol. The van der Waals surface area contributed by atoms with Gasteiger partial charge in [0.25, 0.3) is 11.8 Å². The van der Waals surface area contributed by atoms with Gasteiger partial charge in [0, 0.05) is 34.3 Å². The molecule has 1 amide bonds. The Labute approximate surface area is 205 Å². The summed E-state index contributed by atoms with van der Waals surface area (Å²) in [5.74, 6) is -0.414. The number of nitrogens with one attached hydrogen (secondary N) is 2. The maximum Gasteiger partial charge on any atom is 0.279 e. The molecule has 172 valence electrons. The van der Waals surface area contributed by atoms with Gasteiger partial charge in [0.2, 0.25) is 0 Å². The summed E-state index contributed by atoms with van der Waals surface area (Å²) in [6.07, 6.45) is 5.09. The lowest BCUT2D eigenvalue weighted by atomic mass is 9.98. The van der Waals surface area contributed by atoms with E-state index in [1.807, 2.05) is 72.8 Å². The Balaban J connectivity index is 1.34. The zero-order valence-electron chi connectivity index (χ0n) is 19.0. The monoisotopic (exact) mass is 469 g/mol. The second kappa shape index (κ2) is 7.74. The normalized spacial score (nSPS) is 14.1. The molecule has 0 aliphatic heterocycles. The molecule has 1 unspecified atom stereocenters. The maximum absolute atomic E-state index is 13.8. The lowest BCUT2D eigenvalue weighted by molar-refractivity contribution is 0.0941. The van der Waals surface area contributed by atoms with Crippen molar-refractivity contribution in [2.75, 3.05) is 0 Å². The minimum atomic E-state index is -0.395. The Kier molecular flexibility index (Phi) is 4.38. The molecule has 1 atom stereocenters. The van der Waals surface area contributed by atoms with E-state index in [0.717, 1.165) is 38.5 Å². The van der Waals surface area contributed by atoms with Crippen molar-refractivity contribution in [3.8, 4) is 11.1 Å². The summed E-state index contributed by atoms with van der Waals surface area (Å²) in [5, 5.41) is 9.24. The summed E-state index contributed by atoms with van der Waals surface area (Å²) in [7, 11) is 0. The van der Waals surface area contributed by atoms with E-state index in [1.54, 1.807) is 24.7 Å². The van der Waals surface area contributed by atoms with Gasteiger partial charge in [-0.3, -0.25) is 9.59 Å². The molecule has 36 heavy (non-hydrogen) atoms. The topological polar surface area (TPSA) is 92.7 Å². The number of para-hydroxylation sites is 1. The molecule has 0 fully saturated rings. The van der Waals surface area contributed by atoms with Gasteiger partial charge < -0.3 is 10.3 Å². The van der Waals surface area contributed by atoms with Crippen LogP contribution < -0.4 is 5.32 Å². The number of nitrogens with zero attached hydrogens (tertiary/aromatic N) is 3. The highest BCUT2D eigenvalue weighted by Crippen LogP contribution is 2.45. The number of benzene rings is 3. The highest BCUT2D eigenvalue weighted by Gasteiger charge is 2.33. The van der Waals surface area contributed by atoms with Crippen molar-refractivity contribution in [1.82, 2.24) is 25.1 Å². The Morgan fingerprint density at radius 2 is 1.69 bits per heavy atom. The van der Waals surface area contributed by atoms with Crippen LogP contribution >= 0.6 is 0 Å². The number of aromatic nitrogens is 4. The van der Waals surface area contributed by atoms with Crippen LogP contribution in [-0.4, -0.2) is 31.6 Å². The number of aromatic amines is 1. The summed E-state index contributed by atoms with van der Waals surface area (Å²) in [5.41, 5.74) is 6.09. The second-order valence-electron chi connectivity index (χ2n) is 8.78. The van der Waals surface area contributed by atoms with Crippen LogP contribution in [0.4, 0.5) is 0 Å². The summed E-state index contributed by atoms with van der Waals surface area (Å²) in [6.45, 7) is 0. The van der Waals surface area contributed by atoms with E-state index >= 15 is 0 Å². The fourth-order valence-corrected chi connectivity index (χ4v) is 5.20. The third kappa shape index (κ3) is 2.93. The summed E-state index contributed by atoms with van der Waals surface area (Å²) in [4.78, 5) is 34.5. The van der Waals surface area contributed by atoms with Crippen molar-refractivity contribution in [2.45, 2.75) is 6.04 Å². The third-order valence-corrected chi connectivity index (χ3v) is 6.83. The van der Waals surface area contributed by atoms with Crippen molar-refractivity contribution in [1.29, 1.82) is 0 Å². The molecule has 2 N–H and O–H groups in total. The lowest BCUT2D eigenvalue weighted by Crippen LogP contribution is -2.28. The molecule has 0 bridgehead atoms. The number of hydrogen-bond donors (Lipinski definition) is 2. The van der Waals surface area contributed by atoms with E-state index in [0.29, 0.717) is 16.8 Å². The average molecular weight is 470 g/mol. The predicted molar refractivity (Wildman–Crippen MR) is 137 cm³/mol. The second-order valence-corrected chi connectivity index (χ2v) is 8.78. The van der Waals surface area contributed by atoms with Gasteiger partial charge in [-0.1, -0.05) is 54.6 Å². The van der Waals surface area contributed by atoms with Crippen LogP contribution in [0.1, 0.15) is 37.9 Å². The number of pyridine rings is 1. The Morgan fingerprint density at radius 3 is 2.64 bits per heavy atom. The van der Waals surface area contributed by atoms with Crippen LogP contribution in [0.15, 0.2) is 97.5 Å². The molecule has 7 rings (SSSR count). The number of carbonyl (C=O) groups is 2. The first-order valence-corrected chi connectivity index (χ1v) is 11.6. The number of fused-ring (bicyclic) bond motifs is 5. The van der Waals surface area contributed by atoms with Gasteiger partial charge in [-0.05, 0) is 41.0 Å². The Bertz CT molecular complexity index is 1830. The van der Waals surface area contributed by atoms with Crippen LogP contribution in [-0.2, 0) is 0 Å². The van der Waals surface area contributed by atoms with Crippen molar-refractivity contribution in [3.05, 3.63) is 120 Å². The SMILES string of the molecule is O=C(NC1c2ccccc2-c2c(C(=O)n3ncc4ccccc43)cccc21)c1ccnc2[nH]ccc12.